The summed E-state index contributed by atoms with van der Waals surface area (Å²) in [7, 11) is -3.15. The Balaban J connectivity index is 2.64. The number of amides is 1. The number of carboxylic acids is 1. The fourth-order valence-electron chi connectivity index (χ4n) is 2.31. The molecule has 1 fully saturated rings. The van der Waals surface area contributed by atoms with Crippen molar-refractivity contribution in [3.05, 3.63) is 0 Å². The summed E-state index contributed by atoms with van der Waals surface area (Å²) in [6.07, 6.45) is 1.77. The molecule has 0 saturated carbocycles. The molecule has 0 radical (unpaired) electrons. The van der Waals surface area contributed by atoms with Gasteiger partial charge in [0.15, 0.2) is 9.84 Å². The first kappa shape index (κ1) is 16.9. The molecule has 8 heteroatoms. The number of hydrogen-bond donors (Lipinski definition) is 2. The summed E-state index contributed by atoms with van der Waals surface area (Å²) < 4.78 is 22.9. The van der Waals surface area contributed by atoms with Crippen LogP contribution in [0.15, 0.2) is 0 Å². The highest BCUT2D eigenvalue weighted by Gasteiger charge is 2.35. The lowest BCUT2D eigenvalue weighted by Gasteiger charge is -2.26. The Labute approximate surface area is 119 Å². The van der Waals surface area contributed by atoms with Gasteiger partial charge in [0.2, 0.25) is 5.91 Å². The van der Waals surface area contributed by atoms with Gasteiger partial charge in [0, 0.05) is 18.5 Å². The Morgan fingerprint density at radius 3 is 2.55 bits per heavy atom. The highest BCUT2D eigenvalue weighted by molar-refractivity contribution is 7.91. The van der Waals surface area contributed by atoms with Gasteiger partial charge in [-0.05, 0) is 26.2 Å². The average Bonchev–Trinajstić information content (AvgIpc) is 2.65. The van der Waals surface area contributed by atoms with Gasteiger partial charge in [-0.1, -0.05) is 0 Å². The molecule has 0 aromatic heterocycles. The molecule has 0 aromatic rings. The maximum Gasteiger partial charge on any atom is 0.323 e. The van der Waals surface area contributed by atoms with Gasteiger partial charge in [-0.3, -0.25) is 9.59 Å². The molecule has 2 unspecified atom stereocenters. The van der Waals surface area contributed by atoms with Gasteiger partial charge in [-0.25, -0.2) is 8.42 Å². The summed E-state index contributed by atoms with van der Waals surface area (Å²) in [6, 6.07) is -0.526. The van der Waals surface area contributed by atoms with Gasteiger partial charge in [-0.2, -0.15) is 0 Å². The van der Waals surface area contributed by atoms with Crippen molar-refractivity contribution >= 4 is 21.7 Å². The molecule has 0 bridgehead atoms. The van der Waals surface area contributed by atoms with E-state index in [9.17, 15) is 18.0 Å². The first-order valence-corrected chi connectivity index (χ1v) is 8.50. The number of nitrogens with two attached hydrogens (primary N) is 1. The number of rotatable bonds is 7. The number of carboxylic acid groups (broad SMARTS) is 1. The Hall–Kier alpha value is -1.15. The predicted octanol–water partition coefficient (Wildman–Crippen LogP) is -0.396. The number of aliphatic carboxylic acids is 1. The third kappa shape index (κ3) is 5.46. The van der Waals surface area contributed by atoms with Crippen LogP contribution in [0.3, 0.4) is 0 Å². The highest BCUT2D eigenvalue weighted by atomic mass is 32.2. The zero-order valence-electron chi connectivity index (χ0n) is 11.6. The summed E-state index contributed by atoms with van der Waals surface area (Å²) in [5, 5.41) is 8.87. The van der Waals surface area contributed by atoms with E-state index in [-0.39, 0.29) is 29.9 Å². The van der Waals surface area contributed by atoms with Gasteiger partial charge in [0.25, 0.3) is 0 Å². The van der Waals surface area contributed by atoms with Gasteiger partial charge >= 0.3 is 5.97 Å². The quantitative estimate of drug-likeness (QED) is 0.661. The van der Waals surface area contributed by atoms with Gasteiger partial charge in [0.05, 0.1) is 11.5 Å². The third-order valence-corrected chi connectivity index (χ3v) is 5.08. The SMILES string of the molecule is CC(N)CCCC(=O)N(CC(=O)O)C1CCS(=O)(=O)C1. The number of carbonyl (C=O) groups excluding carboxylic acids is 1. The standard InChI is InChI=1S/C12H22N2O5S/c1-9(13)3-2-4-11(15)14(7-12(16)17)10-5-6-20(18,19)8-10/h9-10H,2-8,13H2,1H3,(H,16,17). The van der Waals surface area contributed by atoms with Crippen LogP contribution in [-0.4, -0.2) is 60.4 Å². The van der Waals surface area contributed by atoms with Crippen molar-refractivity contribution in [3.63, 3.8) is 0 Å². The van der Waals surface area contributed by atoms with E-state index in [1.807, 2.05) is 6.92 Å². The lowest BCUT2D eigenvalue weighted by atomic mass is 10.1. The molecule has 3 N–H and O–H groups in total. The Morgan fingerprint density at radius 1 is 1.45 bits per heavy atom. The van der Waals surface area contributed by atoms with Crippen molar-refractivity contribution in [1.29, 1.82) is 0 Å². The summed E-state index contributed by atoms with van der Waals surface area (Å²) in [4.78, 5) is 24.1. The molecular weight excluding hydrogens is 284 g/mol. The Bertz CT molecular complexity index is 460. The summed E-state index contributed by atoms with van der Waals surface area (Å²) >= 11 is 0. The summed E-state index contributed by atoms with van der Waals surface area (Å²) in [5.74, 6) is -1.56. The minimum absolute atomic E-state index is 0.0115. The zero-order valence-corrected chi connectivity index (χ0v) is 12.4. The lowest BCUT2D eigenvalue weighted by Crippen LogP contribution is -2.44. The van der Waals surface area contributed by atoms with Crippen LogP contribution in [0.1, 0.15) is 32.6 Å². The smallest absolute Gasteiger partial charge is 0.323 e. The van der Waals surface area contributed by atoms with Crippen molar-refractivity contribution in [2.24, 2.45) is 5.73 Å². The summed E-state index contributed by atoms with van der Waals surface area (Å²) in [5.41, 5.74) is 5.59. The van der Waals surface area contributed by atoms with Crippen LogP contribution < -0.4 is 5.73 Å². The van der Waals surface area contributed by atoms with E-state index in [1.54, 1.807) is 0 Å². The number of hydrogen-bond acceptors (Lipinski definition) is 5. The number of sulfone groups is 1. The largest absolute Gasteiger partial charge is 0.480 e. The van der Waals surface area contributed by atoms with Crippen LogP contribution in [0.2, 0.25) is 0 Å². The van der Waals surface area contributed by atoms with Crippen molar-refractivity contribution < 1.29 is 23.1 Å². The molecular formula is C12H22N2O5S. The summed E-state index contributed by atoms with van der Waals surface area (Å²) in [6.45, 7) is 1.39. The molecule has 1 aliphatic rings. The first-order chi connectivity index (χ1) is 9.21. The van der Waals surface area contributed by atoms with Crippen LogP contribution in [0.4, 0.5) is 0 Å². The second kappa shape index (κ2) is 7.03. The molecule has 1 rings (SSSR count). The van der Waals surface area contributed by atoms with Crippen molar-refractivity contribution in [2.45, 2.75) is 44.7 Å². The van der Waals surface area contributed by atoms with E-state index >= 15 is 0 Å². The van der Waals surface area contributed by atoms with Gasteiger partial charge in [0.1, 0.15) is 6.54 Å². The molecule has 1 aliphatic heterocycles. The third-order valence-electron chi connectivity index (χ3n) is 3.33. The molecule has 20 heavy (non-hydrogen) atoms. The Kier molecular flexibility index (Phi) is 5.94. The molecule has 1 saturated heterocycles. The second-order valence-corrected chi connectivity index (χ2v) is 7.57. The minimum Gasteiger partial charge on any atom is -0.480 e. The monoisotopic (exact) mass is 306 g/mol. The van der Waals surface area contributed by atoms with Crippen LogP contribution in [0.25, 0.3) is 0 Å². The first-order valence-electron chi connectivity index (χ1n) is 6.68. The molecule has 116 valence electrons. The Morgan fingerprint density at radius 2 is 2.10 bits per heavy atom. The van der Waals surface area contributed by atoms with E-state index in [0.29, 0.717) is 19.3 Å². The maximum atomic E-state index is 12.1. The van der Waals surface area contributed by atoms with Crippen LogP contribution in [-0.2, 0) is 19.4 Å². The van der Waals surface area contributed by atoms with E-state index < -0.39 is 28.4 Å². The molecule has 7 nitrogen and oxygen atoms in total. The van der Waals surface area contributed by atoms with E-state index in [2.05, 4.69) is 0 Å². The molecule has 1 heterocycles. The predicted molar refractivity (Wildman–Crippen MR) is 73.9 cm³/mol. The number of nitrogens with zero attached hydrogens (tertiary/aromatic N) is 1. The van der Waals surface area contributed by atoms with E-state index in [1.165, 1.54) is 4.90 Å². The molecule has 1 amide bonds. The van der Waals surface area contributed by atoms with Gasteiger partial charge < -0.3 is 15.7 Å². The molecule has 0 aromatic carbocycles. The van der Waals surface area contributed by atoms with E-state index in [0.717, 1.165) is 0 Å². The fraction of sp³-hybridized carbons (Fsp3) is 0.833. The maximum absolute atomic E-state index is 12.1. The lowest BCUT2D eigenvalue weighted by molar-refractivity contribution is -0.146. The minimum atomic E-state index is -3.15. The average molecular weight is 306 g/mol. The topological polar surface area (TPSA) is 118 Å². The number of carbonyl (C=O) groups is 2. The van der Waals surface area contributed by atoms with Crippen LogP contribution >= 0.6 is 0 Å². The fourth-order valence-corrected chi connectivity index (χ4v) is 4.04. The molecule has 0 aliphatic carbocycles. The van der Waals surface area contributed by atoms with Gasteiger partial charge in [-0.15, -0.1) is 0 Å². The molecule has 2 atom stereocenters. The van der Waals surface area contributed by atoms with Crippen molar-refractivity contribution in [1.82, 2.24) is 4.90 Å². The van der Waals surface area contributed by atoms with Crippen molar-refractivity contribution in [3.8, 4) is 0 Å². The highest BCUT2D eigenvalue weighted by Crippen LogP contribution is 2.19. The van der Waals surface area contributed by atoms with Crippen LogP contribution in [0.5, 0.6) is 0 Å². The van der Waals surface area contributed by atoms with Crippen molar-refractivity contribution in [2.75, 3.05) is 18.1 Å². The molecule has 0 spiro atoms. The normalized spacial score (nSPS) is 22.4. The van der Waals surface area contributed by atoms with E-state index in [4.69, 9.17) is 10.8 Å². The second-order valence-electron chi connectivity index (χ2n) is 5.34. The van der Waals surface area contributed by atoms with Crippen LogP contribution in [0, 0.1) is 0 Å². The zero-order chi connectivity index (χ0) is 15.3.